The van der Waals surface area contributed by atoms with E-state index in [1.165, 1.54) is 0 Å². The first-order valence-electron chi connectivity index (χ1n) is 9.33. The van der Waals surface area contributed by atoms with Crippen molar-refractivity contribution < 1.29 is 13.2 Å². The lowest BCUT2D eigenvalue weighted by Gasteiger charge is -2.49. The second-order valence-corrected chi connectivity index (χ2v) is 9.82. The van der Waals surface area contributed by atoms with Gasteiger partial charge in [-0.3, -0.25) is 0 Å². The number of aryl methyl sites for hydroxylation is 1. The summed E-state index contributed by atoms with van der Waals surface area (Å²) >= 11 is 0. The van der Waals surface area contributed by atoms with Crippen molar-refractivity contribution in [1.29, 1.82) is 0 Å². The maximum atomic E-state index is 12.5. The minimum absolute atomic E-state index is 0.0989. The third kappa shape index (κ3) is 4.83. The van der Waals surface area contributed by atoms with Crippen LogP contribution in [0.2, 0.25) is 0 Å². The van der Waals surface area contributed by atoms with Crippen molar-refractivity contribution in [3.63, 3.8) is 0 Å². The van der Waals surface area contributed by atoms with Gasteiger partial charge in [0.2, 0.25) is 10.0 Å². The lowest BCUT2D eigenvalue weighted by atomic mass is 9.64. The number of hydrogen-bond acceptors (Lipinski definition) is 3. The summed E-state index contributed by atoms with van der Waals surface area (Å²) in [4.78, 5) is 0.335. The van der Waals surface area contributed by atoms with Crippen molar-refractivity contribution in [3.8, 4) is 0 Å². The fourth-order valence-corrected chi connectivity index (χ4v) is 4.87. The summed E-state index contributed by atoms with van der Waals surface area (Å²) in [6.45, 7) is 12.0. The highest BCUT2D eigenvalue weighted by Crippen LogP contribution is 2.47. The van der Waals surface area contributed by atoms with Crippen LogP contribution in [0.4, 0.5) is 0 Å². The molecule has 0 saturated carbocycles. The Morgan fingerprint density at radius 2 is 1.88 bits per heavy atom. The molecule has 0 spiro atoms. The molecule has 1 fully saturated rings. The van der Waals surface area contributed by atoms with Gasteiger partial charge in [-0.05, 0) is 63.0 Å². The molecule has 1 aliphatic heterocycles. The summed E-state index contributed by atoms with van der Waals surface area (Å²) in [5, 5.41) is 0. The van der Waals surface area contributed by atoms with Gasteiger partial charge in [-0.25, -0.2) is 13.1 Å². The monoisotopic (exact) mass is 367 g/mol. The molecule has 142 valence electrons. The molecule has 4 nitrogen and oxygen atoms in total. The Bertz CT molecular complexity index is 669. The van der Waals surface area contributed by atoms with Gasteiger partial charge in [-0.15, -0.1) is 0 Å². The highest BCUT2D eigenvalue weighted by molar-refractivity contribution is 7.89. The zero-order valence-electron chi connectivity index (χ0n) is 16.3. The van der Waals surface area contributed by atoms with Crippen LogP contribution in [0.15, 0.2) is 29.2 Å². The smallest absolute Gasteiger partial charge is 0.240 e. The Hall–Kier alpha value is -0.910. The summed E-state index contributed by atoms with van der Waals surface area (Å²) in [6.07, 6.45) is 3.80. The average molecular weight is 368 g/mol. The molecule has 0 radical (unpaired) electrons. The van der Waals surface area contributed by atoms with E-state index in [4.69, 9.17) is 4.74 Å². The summed E-state index contributed by atoms with van der Waals surface area (Å²) in [7, 11) is -3.45. The average Bonchev–Trinajstić information content (AvgIpc) is 2.55. The molecule has 0 aliphatic carbocycles. The Morgan fingerprint density at radius 1 is 1.24 bits per heavy atom. The molecule has 2 rings (SSSR count). The zero-order valence-corrected chi connectivity index (χ0v) is 17.1. The molecule has 1 aromatic carbocycles. The summed E-state index contributed by atoms with van der Waals surface area (Å²) in [5.74, 6) is 0.492. The third-order valence-electron chi connectivity index (χ3n) is 6.00. The maximum absolute atomic E-state index is 12.5. The number of ether oxygens (including phenoxy) is 1. The molecule has 0 aromatic heterocycles. The molecule has 1 aliphatic rings. The molecular formula is C20H33NO3S. The van der Waals surface area contributed by atoms with Gasteiger partial charge in [0.15, 0.2) is 0 Å². The van der Waals surface area contributed by atoms with Crippen LogP contribution in [0, 0.1) is 18.3 Å². The molecule has 1 saturated heterocycles. The minimum atomic E-state index is -3.45. The molecular weight excluding hydrogens is 334 g/mol. The highest BCUT2D eigenvalue weighted by atomic mass is 32.2. The van der Waals surface area contributed by atoms with Gasteiger partial charge in [0, 0.05) is 13.2 Å². The normalized spacial score (nSPS) is 27.6. The molecule has 5 heteroatoms. The molecule has 2 atom stereocenters. The van der Waals surface area contributed by atoms with E-state index in [9.17, 15) is 8.42 Å². The van der Waals surface area contributed by atoms with Crippen LogP contribution in [0.5, 0.6) is 0 Å². The first kappa shape index (κ1) is 20.4. The van der Waals surface area contributed by atoms with Crippen molar-refractivity contribution in [2.24, 2.45) is 11.3 Å². The van der Waals surface area contributed by atoms with Crippen molar-refractivity contribution in [1.82, 2.24) is 4.72 Å². The van der Waals surface area contributed by atoms with Crippen molar-refractivity contribution in [2.75, 3.05) is 13.2 Å². The van der Waals surface area contributed by atoms with Crippen molar-refractivity contribution >= 4 is 10.0 Å². The SMILES string of the molecule is CC[C@@]1(C)C[C@](CCNS(=O)(=O)c2ccc(C)cc2)(C(C)C)CCO1. The summed E-state index contributed by atoms with van der Waals surface area (Å²) in [6, 6.07) is 6.99. The molecule has 0 bridgehead atoms. The predicted molar refractivity (Wildman–Crippen MR) is 102 cm³/mol. The van der Waals surface area contributed by atoms with E-state index in [1.54, 1.807) is 12.1 Å². The highest BCUT2D eigenvalue weighted by Gasteiger charge is 2.43. The van der Waals surface area contributed by atoms with Gasteiger partial charge < -0.3 is 4.74 Å². The first-order valence-corrected chi connectivity index (χ1v) is 10.8. The van der Waals surface area contributed by atoms with Gasteiger partial charge in [0.05, 0.1) is 10.5 Å². The number of hydrogen-bond donors (Lipinski definition) is 1. The van der Waals surface area contributed by atoms with E-state index < -0.39 is 10.0 Å². The zero-order chi connectivity index (χ0) is 18.7. The molecule has 25 heavy (non-hydrogen) atoms. The quantitative estimate of drug-likeness (QED) is 0.782. The lowest BCUT2D eigenvalue weighted by Crippen LogP contribution is -2.46. The molecule has 1 heterocycles. The lowest BCUT2D eigenvalue weighted by molar-refractivity contribution is -0.132. The largest absolute Gasteiger partial charge is 0.375 e. The van der Waals surface area contributed by atoms with Gasteiger partial charge in [0.1, 0.15) is 0 Å². The van der Waals surface area contributed by atoms with Gasteiger partial charge >= 0.3 is 0 Å². The topological polar surface area (TPSA) is 55.4 Å². The van der Waals surface area contributed by atoms with E-state index in [1.807, 2.05) is 19.1 Å². The van der Waals surface area contributed by atoms with E-state index in [0.717, 1.165) is 37.9 Å². The Kier molecular flexibility index (Phi) is 6.34. The Labute approximate surface area is 153 Å². The summed E-state index contributed by atoms with van der Waals surface area (Å²) in [5.41, 5.74) is 1.08. The first-order chi connectivity index (χ1) is 11.6. The van der Waals surface area contributed by atoms with Crippen LogP contribution in [-0.4, -0.2) is 27.2 Å². The fraction of sp³-hybridized carbons (Fsp3) is 0.700. The predicted octanol–water partition coefficient (Wildman–Crippen LogP) is 4.28. The number of benzene rings is 1. The van der Waals surface area contributed by atoms with Crippen molar-refractivity contribution in [2.45, 2.75) is 70.8 Å². The standard InChI is InChI=1S/C20H33NO3S/c1-6-19(5)15-20(16(2)3,12-14-24-19)11-13-21-25(22,23)18-9-7-17(4)8-10-18/h7-10,16,21H,6,11-15H2,1-5H3/t19-,20+/m0/s1. The van der Waals surface area contributed by atoms with E-state index >= 15 is 0 Å². The van der Waals surface area contributed by atoms with Crippen LogP contribution >= 0.6 is 0 Å². The number of nitrogens with one attached hydrogen (secondary N) is 1. The van der Waals surface area contributed by atoms with E-state index in [2.05, 4.69) is 32.4 Å². The van der Waals surface area contributed by atoms with Crippen LogP contribution < -0.4 is 4.72 Å². The van der Waals surface area contributed by atoms with Crippen molar-refractivity contribution in [3.05, 3.63) is 29.8 Å². The second kappa shape index (κ2) is 7.77. The van der Waals surface area contributed by atoms with Gasteiger partial charge in [-0.2, -0.15) is 0 Å². The van der Waals surface area contributed by atoms with Gasteiger partial charge in [-0.1, -0.05) is 38.5 Å². The third-order valence-corrected chi connectivity index (χ3v) is 7.47. The number of sulfonamides is 1. The van der Waals surface area contributed by atoms with Gasteiger partial charge in [0.25, 0.3) is 0 Å². The number of rotatable bonds is 7. The summed E-state index contributed by atoms with van der Waals surface area (Å²) < 4.78 is 33.8. The van der Waals surface area contributed by atoms with Crippen LogP contribution in [-0.2, 0) is 14.8 Å². The maximum Gasteiger partial charge on any atom is 0.240 e. The van der Waals surface area contributed by atoms with Crippen LogP contribution in [0.3, 0.4) is 0 Å². The Balaban J connectivity index is 2.05. The fourth-order valence-electron chi connectivity index (χ4n) is 3.84. The van der Waals surface area contributed by atoms with E-state index in [0.29, 0.717) is 17.4 Å². The molecule has 1 aromatic rings. The molecule has 0 unspecified atom stereocenters. The molecule has 0 amide bonds. The van der Waals surface area contributed by atoms with Crippen LogP contribution in [0.25, 0.3) is 0 Å². The van der Waals surface area contributed by atoms with Crippen LogP contribution in [0.1, 0.15) is 58.9 Å². The molecule has 1 N–H and O–H groups in total. The second-order valence-electron chi connectivity index (χ2n) is 8.06. The van der Waals surface area contributed by atoms with E-state index in [-0.39, 0.29) is 11.0 Å². The Morgan fingerprint density at radius 3 is 2.44 bits per heavy atom. The minimum Gasteiger partial charge on any atom is -0.375 e.